The van der Waals surface area contributed by atoms with E-state index < -0.39 is 0 Å². The first-order chi connectivity index (χ1) is 21.3. The van der Waals surface area contributed by atoms with Crippen LogP contribution in [0, 0.1) is 13.8 Å². The number of fused-ring (bicyclic) bond motifs is 2. The lowest BCUT2D eigenvalue weighted by atomic mass is 9.93. The van der Waals surface area contributed by atoms with Gasteiger partial charge in [0.1, 0.15) is 0 Å². The van der Waals surface area contributed by atoms with Gasteiger partial charge in [0.15, 0.2) is 11.6 Å². The first-order valence-corrected chi connectivity index (χ1v) is 15.4. The quantitative estimate of drug-likeness (QED) is 0.270. The van der Waals surface area contributed by atoms with Crippen molar-refractivity contribution >= 4 is 23.0 Å². The van der Waals surface area contributed by atoms with Crippen LogP contribution in [0.3, 0.4) is 0 Å². The van der Waals surface area contributed by atoms with Crippen LogP contribution in [0.5, 0.6) is 5.75 Å². The molecule has 2 aromatic heterocycles. The number of likely N-dealkylation sites (N-methyl/N-ethyl adjacent to an activating group) is 1. The Kier molecular flexibility index (Phi) is 7.22. The Morgan fingerprint density at radius 1 is 1.00 bits per heavy atom. The maximum Gasteiger partial charge on any atom is 0.291 e. The molecule has 2 N–H and O–H groups in total. The van der Waals surface area contributed by atoms with Crippen molar-refractivity contribution in [1.29, 1.82) is 0 Å². The molecule has 0 bridgehead atoms. The van der Waals surface area contributed by atoms with Crippen LogP contribution >= 0.6 is 0 Å². The second-order valence-electron chi connectivity index (χ2n) is 12.3. The van der Waals surface area contributed by atoms with Gasteiger partial charge in [0, 0.05) is 67.5 Å². The molecular formula is C35H39N7O2. The Hall–Kier alpha value is -4.47. The molecule has 2 aliphatic heterocycles. The van der Waals surface area contributed by atoms with Crippen LogP contribution < -0.4 is 15.5 Å². The van der Waals surface area contributed by atoms with Crippen LogP contribution in [-0.2, 0) is 26.6 Å². The number of carbonyl (C=O) groups excluding carboxylic acids is 1. The van der Waals surface area contributed by atoms with Gasteiger partial charge in [-0.05, 0) is 68.1 Å². The van der Waals surface area contributed by atoms with Crippen LogP contribution in [-0.4, -0.2) is 50.0 Å². The maximum atomic E-state index is 13.4. The minimum absolute atomic E-state index is 0.199. The molecule has 3 aliphatic rings. The van der Waals surface area contributed by atoms with E-state index in [1.54, 1.807) is 0 Å². The van der Waals surface area contributed by atoms with Gasteiger partial charge >= 0.3 is 0 Å². The molecule has 0 radical (unpaired) electrons. The standard InChI is InChI=1S/C35H39N7O2/c1-21-26(11-7-13-28(21)37-23(3)30-17-33-24(18-36-30)19-42(44-33)25-9-6-10-25)27-12-8-14-29(22(27)2)39-35(43)34-38-31-20-40(4)16-15-32(31)41(34)5/h7-8,11-14,17-18,25,37H,3,6,9-10,15-16,19-20H2,1-2,4-5H3,(H,39,43). The summed E-state index contributed by atoms with van der Waals surface area (Å²) in [5, 5.41) is 8.72. The lowest BCUT2D eigenvalue weighted by Gasteiger charge is -2.32. The zero-order valence-electron chi connectivity index (χ0n) is 25.9. The summed E-state index contributed by atoms with van der Waals surface area (Å²) in [5.74, 6) is 1.11. The van der Waals surface area contributed by atoms with Crippen molar-refractivity contribution < 1.29 is 9.63 Å². The number of hydrogen-bond donors (Lipinski definition) is 2. The summed E-state index contributed by atoms with van der Waals surface area (Å²) in [6.45, 7) is 11.0. The minimum Gasteiger partial charge on any atom is -0.405 e. The maximum absolute atomic E-state index is 13.4. The van der Waals surface area contributed by atoms with E-state index in [0.29, 0.717) is 17.6 Å². The monoisotopic (exact) mass is 589 g/mol. The van der Waals surface area contributed by atoms with Gasteiger partial charge in [-0.2, -0.15) is 0 Å². The zero-order chi connectivity index (χ0) is 30.5. The molecule has 1 amide bonds. The average Bonchev–Trinajstić information content (AvgIpc) is 3.54. The van der Waals surface area contributed by atoms with Gasteiger partial charge in [-0.3, -0.25) is 9.78 Å². The largest absolute Gasteiger partial charge is 0.405 e. The normalized spacial score (nSPS) is 16.5. The number of amides is 1. The van der Waals surface area contributed by atoms with E-state index in [1.807, 2.05) is 55.1 Å². The van der Waals surface area contributed by atoms with Crippen molar-refractivity contribution in [1.82, 2.24) is 24.5 Å². The number of rotatable bonds is 7. The van der Waals surface area contributed by atoms with Crippen molar-refractivity contribution in [2.45, 2.75) is 58.7 Å². The van der Waals surface area contributed by atoms with Gasteiger partial charge in [-0.1, -0.05) is 37.3 Å². The van der Waals surface area contributed by atoms with Crippen molar-refractivity contribution in [3.05, 3.63) is 94.8 Å². The van der Waals surface area contributed by atoms with Crippen LogP contribution in [0.15, 0.2) is 55.2 Å². The van der Waals surface area contributed by atoms with E-state index in [-0.39, 0.29) is 5.91 Å². The number of anilines is 2. The Labute approximate surface area is 258 Å². The van der Waals surface area contributed by atoms with Crippen molar-refractivity contribution in [3.63, 3.8) is 0 Å². The Balaban J connectivity index is 1.09. The molecule has 0 unspecified atom stereocenters. The third-order valence-corrected chi connectivity index (χ3v) is 9.42. The second kappa shape index (κ2) is 11.2. The summed E-state index contributed by atoms with van der Waals surface area (Å²) in [4.78, 5) is 31.2. The predicted molar refractivity (Wildman–Crippen MR) is 173 cm³/mol. The number of hydroxylamine groups is 2. The van der Waals surface area contributed by atoms with Crippen LogP contribution in [0.2, 0.25) is 0 Å². The third-order valence-electron chi connectivity index (χ3n) is 9.42. The zero-order valence-corrected chi connectivity index (χ0v) is 25.9. The number of nitrogens with zero attached hydrogens (tertiary/aromatic N) is 5. The lowest BCUT2D eigenvalue weighted by molar-refractivity contribution is -0.105. The first kappa shape index (κ1) is 28.3. The molecular weight excluding hydrogens is 550 g/mol. The van der Waals surface area contributed by atoms with Gasteiger partial charge in [0.25, 0.3) is 5.91 Å². The molecule has 1 fully saturated rings. The Bertz CT molecular complexity index is 1790. The third kappa shape index (κ3) is 5.06. The molecule has 1 aliphatic carbocycles. The Morgan fingerprint density at radius 2 is 1.70 bits per heavy atom. The lowest BCUT2D eigenvalue weighted by Crippen LogP contribution is -2.38. The van der Waals surface area contributed by atoms with Gasteiger partial charge < -0.3 is 24.9 Å². The molecule has 0 atom stereocenters. The number of aromatic nitrogens is 3. The van der Waals surface area contributed by atoms with Crippen molar-refractivity contribution in [2.75, 3.05) is 24.2 Å². The smallest absolute Gasteiger partial charge is 0.291 e. The highest BCUT2D eigenvalue weighted by atomic mass is 16.7. The molecule has 9 heteroatoms. The van der Waals surface area contributed by atoms with Crippen LogP contribution in [0.4, 0.5) is 11.4 Å². The Morgan fingerprint density at radius 3 is 2.39 bits per heavy atom. The molecule has 1 saturated carbocycles. The SMILES string of the molecule is C=C(Nc1cccc(-c2cccc(NC(=O)c3nc4c(n3C)CCN(C)C4)c2C)c1C)c1cc2c(cn1)CN(C1CCC1)O2. The number of nitrogens with one attached hydrogen (secondary N) is 2. The molecule has 44 heavy (non-hydrogen) atoms. The summed E-state index contributed by atoms with van der Waals surface area (Å²) >= 11 is 0. The van der Waals surface area contributed by atoms with Gasteiger partial charge in [0.05, 0.1) is 23.6 Å². The second-order valence-corrected chi connectivity index (χ2v) is 12.3. The van der Waals surface area contributed by atoms with E-state index in [1.165, 1.54) is 19.3 Å². The average molecular weight is 590 g/mol. The summed E-state index contributed by atoms with van der Waals surface area (Å²) in [7, 11) is 4.01. The highest BCUT2D eigenvalue weighted by molar-refractivity contribution is 6.03. The summed E-state index contributed by atoms with van der Waals surface area (Å²) < 4.78 is 1.94. The molecule has 2 aromatic carbocycles. The number of hydrogen-bond acceptors (Lipinski definition) is 7. The highest BCUT2D eigenvalue weighted by Crippen LogP contribution is 2.37. The van der Waals surface area contributed by atoms with Crippen LogP contribution in [0.25, 0.3) is 16.8 Å². The molecule has 9 nitrogen and oxygen atoms in total. The van der Waals surface area contributed by atoms with E-state index in [2.05, 4.69) is 58.3 Å². The van der Waals surface area contributed by atoms with E-state index in [4.69, 9.17) is 9.82 Å². The van der Waals surface area contributed by atoms with Crippen molar-refractivity contribution in [2.24, 2.45) is 7.05 Å². The number of benzene rings is 2. The van der Waals surface area contributed by atoms with E-state index >= 15 is 0 Å². The van der Waals surface area contributed by atoms with Gasteiger partial charge in [-0.25, -0.2) is 4.98 Å². The minimum atomic E-state index is -0.199. The summed E-state index contributed by atoms with van der Waals surface area (Å²) in [6.07, 6.45) is 6.45. The van der Waals surface area contributed by atoms with E-state index in [0.717, 1.165) is 88.1 Å². The summed E-state index contributed by atoms with van der Waals surface area (Å²) in [5.41, 5.74) is 10.6. The molecule has 0 spiro atoms. The predicted octanol–water partition coefficient (Wildman–Crippen LogP) is 6.08. The fourth-order valence-electron chi connectivity index (χ4n) is 6.43. The number of carbonyl (C=O) groups is 1. The molecule has 4 heterocycles. The molecule has 226 valence electrons. The number of imidazole rings is 1. The van der Waals surface area contributed by atoms with Gasteiger partial charge in [-0.15, -0.1) is 5.06 Å². The molecule has 4 aromatic rings. The first-order valence-electron chi connectivity index (χ1n) is 15.4. The molecule has 7 rings (SSSR count). The molecule has 0 saturated heterocycles. The van der Waals surface area contributed by atoms with Crippen LogP contribution in [0.1, 0.15) is 63.7 Å². The summed E-state index contributed by atoms with van der Waals surface area (Å²) in [6, 6.07) is 14.7. The van der Waals surface area contributed by atoms with Gasteiger partial charge in [0.2, 0.25) is 0 Å². The van der Waals surface area contributed by atoms with E-state index in [9.17, 15) is 4.79 Å². The van der Waals surface area contributed by atoms with Crippen molar-refractivity contribution in [3.8, 4) is 16.9 Å². The topological polar surface area (TPSA) is 87.5 Å². The fraction of sp³-hybridized carbons (Fsp3) is 0.343. The number of pyridine rings is 1. The highest BCUT2D eigenvalue weighted by Gasteiger charge is 2.32. The fourth-order valence-corrected chi connectivity index (χ4v) is 6.43.